The van der Waals surface area contributed by atoms with Gasteiger partial charge in [0.1, 0.15) is 0 Å². The van der Waals surface area contributed by atoms with Crippen LogP contribution in [0.2, 0.25) is 0 Å². The summed E-state index contributed by atoms with van der Waals surface area (Å²) >= 11 is 0. The Morgan fingerprint density at radius 2 is 2.19 bits per heavy atom. The van der Waals surface area contributed by atoms with Crippen molar-refractivity contribution in [2.24, 2.45) is 0 Å². The second-order valence-electron chi connectivity index (χ2n) is 5.68. The summed E-state index contributed by atoms with van der Waals surface area (Å²) < 4.78 is 5.96. The van der Waals surface area contributed by atoms with Gasteiger partial charge in [0.25, 0.3) is 0 Å². The Hall–Kier alpha value is -1.75. The summed E-state index contributed by atoms with van der Waals surface area (Å²) in [5, 5.41) is 12.4. The van der Waals surface area contributed by atoms with Crippen LogP contribution < -0.4 is 11.1 Å². The van der Waals surface area contributed by atoms with Crippen molar-refractivity contribution >= 4 is 17.3 Å². The number of benzene rings is 1. The van der Waals surface area contributed by atoms with E-state index < -0.39 is 5.97 Å². The van der Waals surface area contributed by atoms with Crippen LogP contribution in [0.1, 0.15) is 49.9 Å². The Kier molecular flexibility index (Phi) is 4.73. The predicted molar refractivity (Wildman–Crippen MR) is 83.7 cm³/mol. The van der Waals surface area contributed by atoms with Crippen LogP contribution >= 0.6 is 0 Å². The average molecular weight is 292 g/mol. The van der Waals surface area contributed by atoms with Crippen LogP contribution in [0.5, 0.6) is 0 Å². The Morgan fingerprint density at radius 1 is 1.48 bits per heavy atom. The van der Waals surface area contributed by atoms with Crippen molar-refractivity contribution in [2.75, 3.05) is 17.7 Å². The van der Waals surface area contributed by atoms with Crippen molar-refractivity contribution in [3.63, 3.8) is 0 Å². The lowest BCUT2D eigenvalue weighted by Crippen LogP contribution is -2.43. The molecule has 0 bridgehead atoms. The molecule has 1 fully saturated rings. The number of ether oxygens (including phenoxy) is 1. The number of nitrogen functional groups attached to an aromatic ring is 1. The molecular weight excluding hydrogens is 268 g/mol. The van der Waals surface area contributed by atoms with Crippen LogP contribution in [0.3, 0.4) is 0 Å². The molecule has 5 heteroatoms. The quantitative estimate of drug-likeness (QED) is 0.726. The molecule has 0 radical (unpaired) electrons. The minimum absolute atomic E-state index is 0.0499. The lowest BCUT2D eigenvalue weighted by Gasteiger charge is -2.40. The van der Waals surface area contributed by atoms with E-state index in [1.54, 1.807) is 12.1 Å². The molecule has 1 aliphatic heterocycles. The smallest absolute Gasteiger partial charge is 0.335 e. The third kappa shape index (κ3) is 3.47. The molecule has 0 aliphatic carbocycles. The van der Waals surface area contributed by atoms with Gasteiger partial charge in [-0.05, 0) is 43.9 Å². The van der Waals surface area contributed by atoms with Gasteiger partial charge in [-0.2, -0.15) is 0 Å². The third-order valence-electron chi connectivity index (χ3n) is 4.44. The highest BCUT2D eigenvalue weighted by Crippen LogP contribution is 2.33. The Morgan fingerprint density at radius 3 is 2.76 bits per heavy atom. The van der Waals surface area contributed by atoms with E-state index in [9.17, 15) is 4.79 Å². The van der Waals surface area contributed by atoms with Crippen LogP contribution in [-0.4, -0.2) is 29.3 Å². The number of carboxylic acids is 1. The lowest BCUT2D eigenvalue weighted by atomic mass is 9.86. The van der Waals surface area contributed by atoms with Crippen molar-refractivity contribution in [3.05, 3.63) is 23.8 Å². The van der Waals surface area contributed by atoms with E-state index in [2.05, 4.69) is 19.2 Å². The molecule has 116 valence electrons. The number of aromatic carboxylic acids is 1. The second kappa shape index (κ2) is 6.35. The first-order chi connectivity index (χ1) is 9.99. The molecule has 21 heavy (non-hydrogen) atoms. The fraction of sp³-hybridized carbons (Fsp3) is 0.562. The zero-order valence-corrected chi connectivity index (χ0v) is 12.7. The standard InChI is InChI=1S/C16H24N2O3/c1-3-16(4-2)10-12(7-8-21-16)18-14-6-5-11(15(19)20)9-13(14)17/h5-6,9,12,18H,3-4,7-8,10,17H2,1-2H3,(H,19,20). The van der Waals surface area contributed by atoms with Crippen LogP contribution in [0.15, 0.2) is 18.2 Å². The molecule has 4 N–H and O–H groups in total. The predicted octanol–water partition coefficient (Wildman–Crippen LogP) is 3.12. The van der Waals surface area contributed by atoms with E-state index in [0.717, 1.165) is 38.0 Å². The maximum atomic E-state index is 10.9. The topological polar surface area (TPSA) is 84.6 Å². The number of carbonyl (C=O) groups is 1. The molecule has 0 saturated carbocycles. The number of anilines is 2. The Balaban J connectivity index is 2.09. The molecule has 1 heterocycles. The summed E-state index contributed by atoms with van der Waals surface area (Å²) in [6.45, 7) is 5.05. The fourth-order valence-electron chi connectivity index (χ4n) is 2.94. The van der Waals surface area contributed by atoms with Crippen LogP contribution in [0.25, 0.3) is 0 Å². The first-order valence-electron chi connectivity index (χ1n) is 7.53. The Labute approximate surface area is 125 Å². The molecule has 0 spiro atoms. The van der Waals surface area contributed by atoms with E-state index in [-0.39, 0.29) is 11.2 Å². The summed E-state index contributed by atoms with van der Waals surface area (Å²) in [4.78, 5) is 10.9. The SMILES string of the molecule is CCC1(CC)CC(Nc2ccc(C(=O)O)cc2N)CCO1. The molecule has 5 nitrogen and oxygen atoms in total. The van der Waals surface area contributed by atoms with E-state index >= 15 is 0 Å². The van der Waals surface area contributed by atoms with Crippen molar-refractivity contribution in [1.82, 2.24) is 0 Å². The molecule has 1 aliphatic rings. The number of nitrogens with one attached hydrogen (secondary N) is 1. The summed E-state index contributed by atoms with van der Waals surface area (Å²) in [5.41, 5.74) is 7.38. The van der Waals surface area contributed by atoms with Gasteiger partial charge >= 0.3 is 5.97 Å². The van der Waals surface area contributed by atoms with Gasteiger partial charge in [-0.15, -0.1) is 0 Å². The molecule has 0 amide bonds. The van der Waals surface area contributed by atoms with Gasteiger partial charge in [0.2, 0.25) is 0 Å². The highest BCUT2D eigenvalue weighted by Gasteiger charge is 2.34. The highest BCUT2D eigenvalue weighted by molar-refractivity contribution is 5.90. The molecule has 1 atom stereocenters. The summed E-state index contributed by atoms with van der Waals surface area (Å²) in [6, 6.07) is 5.12. The number of nitrogens with two attached hydrogens (primary N) is 1. The van der Waals surface area contributed by atoms with Crippen molar-refractivity contribution in [1.29, 1.82) is 0 Å². The van der Waals surface area contributed by atoms with Crippen molar-refractivity contribution in [3.8, 4) is 0 Å². The molecule has 2 rings (SSSR count). The molecule has 1 unspecified atom stereocenters. The normalized spacial score (nSPS) is 21.0. The van der Waals surface area contributed by atoms with Gasteiger partial charge in [-0.1, -0.05) is 13.8 Å². The van der Waals surface area contributed by atoms with Crippen LogP contribution in [0.4, 0.5) is 11.4 Å². The number of hydrogen-bond donors (Lipinski definition) is 3. The average Bonchev–Trinajstić information content (AvgIpc) is 2.49. The maximum Gasteiger partial charge on any atom is 0.335 e. The molecule has 1 aromatic carbocycles. The first-order valence-corrected chi connectivity index (χ1v) is 7.53. The summed E-state index contributed by atoms with van der Waals surface area (Å²) in [5.74, 6) is -0.963. The van der Waals surface area contributed by atoms with Crippen LogP contribution in [0, 0.1) is 0 Å². The van der Waals surface area contributed by atoms with Crippen LogP contribution in [-0.2, 0) is 4.74 Å². The van der Waals surface area contributed by atoms with Crippen molar-refractivity contribution < 1.29 is 14.6 Å². The number of carboxylic acid groups (broad SMARTS) is 1. The van der Waals surface area contributed by atoms with E-state index in [4.69, 9.17) is 15.6 Å². The maximum absolute atomic E-state index is 10.9. The van der Waals surface area contributed by atoms with Gasteiger partial charge < -0.3 is 20.9 Å². The fourth-order valence-corrected chi connectivity index (χ4v) is 2.94. The second-order valence-corrected chi connectivity index (χ2v) is 5.68. The van der Waals surface area contributed by atoms with E-state index in [1.807, 2.05) is 0 Å². The lowest BCUT2D eigenvalue weighted by molar-refractivity contribution is -0.0864. The molecular formula is C16H24N2O3. The minimum atomic E-state index is -0.963. The summed E-state index contributed by atoms with van der Waals surface area (Å²) in [6.07, 6.45) is 3.87. The third-order valence-corrected chi connectivity index (χ3v) is 4.44. The molecule has 1 saturated heterocycles. The van der Waals surface area contributed by atoms with Gasteiger partial charge in [0, 0.05) is 12.6 Å². The molecule has 0 aromatic heterocycles. The zero-order valence-electron chi connectivity index (χ0n) is 12.7. The molecule has 1 aromatic rings. The largest absolute Gasteiger partial charge is 0.478 e. The van der Waals surface area contributed by atoms with Crippen molar-refractivity contribution in [2.45, 2.75) is 51.2 Å². The number of hydrogen-bond acceptors (Lipinski definition) is 4. The Bertz CT molecular complexity index is 512. The van der Waals surface area contributed by atoms with E-state index in [0.29, 0.717) is 11.7 Å². The van der Waals surface area contributed by atoms with Gasteiger partial charge in [-0.3, -0.25) is 0 Å². The monoisotopic (exact) mass is 292 g/mol. The van der Waals surface area contributed by atoms with E-state index in [1.165, 1.54) is 6.07 Å². The zero-order chi connectivity index (χ0) is 15.5. The number of rotatable bonds is 5. The first kappa shape index (κ1) is 15.6. The highest BCUT2D eigenvalue weighted by atomic mass is 16.5. The summed E-state index contributed by atoms with van der Waals surface area (Å²) in [7, 11) is 0. The van der Waals surface area contributed by atoms with Gasteiger partial charge in [0.05, 0.1) is 22.5 Å². The minimum Gasteiger partial charge on any atom is -0.478 e. The van der Waals surface area contributed by atoms with Gasteiger partial charge in [0.15, 0.2) is 0 Å². The van der Waals surface area contributed by atoms with Gasteiger partial charge in [-0.25, -0.2) is 4.79 Å².